The molecule has 4 nitrogen and oxygen atoms in total. The lowest BCUT2D eigenvalue weighted by Crippen LogP contribution is -1.99. The average Bonchev–Trinajstić information content (AvgIpc) is 3.21. The van der Waals surface area contributed by atoms with Gasteiger partial charge in [-0.2, -0.15) is 5.10 Å². The molecule has 0 fully saturated rings. The van der Waals surface area contributed by atoms with Gasteiger partial charge in [-0.3, -0.25) is 5.43 Å². The quantitative estimate of drug-likeness (QED) is 0.338. The molecule has 0 saturated heterocycles. The number of hydrazone groups is 1. The van der Waals surface area contributed by atoms with E-state index in [-0.39, 0.29) is 0 Å². The number of aromatic nitrogens is 2. The van der Waals surface area contributed by atoms with Gasteiger partial charge in [0.05, 0.1) is 17.2 Å². The Balaban J connectivity index is 1.64. The van der Waals surface area contributed by atoms with Crippen molar-refractivity contribution in [1.82, 2.24) is 9.97 Å². The van der Waals surface area contributed by atoms with Gasteiger partial charge in [0.25, 0.3) is 0 Å². The Morgan fingerprint density at radius 3 is 2.41 bits per heavy atom. The number of para-hydroxylation sites is 2. The second kappa shape index (κ2) is 8.12. The second-order valence-corrected chi connectivity index (χ2v) is 7.13. The van der Waals surface area contributed by atoms with Crippen LogP contribution in [0.5, 0.6) is 0 Å². The van der Waals surface area contributed by atoms with Crippen LogP contribution in [0, 0.1) is 0 Å². The van der Waals surface area contributed by atoms with Crippen molar-refractivity contribution in [2.24, 2.45) is 5.10 Å². The minimum atomic E-state index is 0.603. The molecule has 0 unspecified atom stereocenters. The highest BCUT2D eigenvalue weighted by atomic mass is 35.5. The van der Waals surface area contributed by atoms with Gasteiger partial charge in [-0.25, -0.2) is 9.97 Å². The number of thiophene rings is 1. The summed E-state index contributed by atoms with van der Waals surface area (Å²) in [5.74, 6) is 0.603. The molecule has 0 aliphatic rings. The van der Waals surface area contributed by atoms with Crippen molar-refractivity contribution < 1.29 is 0 Å². The van der Waals surface area contributed by atoms with E-state index in [2.05, 4.69) is 21.6 Å². The third-order valence-electron chi connectivity index (χ3n) is 3.80. The Hall–Kier alpha value is -3.02. The van der Waals surface area contributed by atoms with Crippen LogP contribution in [0.15, 0.2) is 71.1 Å². The number of benzene rings is 2. The van der Waals surface area contributed by atoms with Gasteiger partial charge in [0.2, 0.25) is 0 Å². The lowest BCUT2D eigenvalue weighted by molar-refractivity contribution is 1.20. The van der Waals surface area contributed by atoms with Crippen LogP contribution in [0.2, 0.25) is 5.02 Å². The topological polar surface area (TPSA) is 50.2 Å². The maximum absolute atomic E-state index is 5.91. The highest BCUT2D eigenvalue weighted by Gasteiger charge is 2.06. The van der Waals surface area contributed by atoms with Crippen molar-refractivity contribution in [3.63, 3.8) is 0 Å². The molecule has 1 N–H and O–H groups in total. The van der Waals surface area contributed by atoms with Crippen LogP contribution < -0.4 is 5.43 Å². The van der Waals surface area contributed by atoms with Gasteiger partial charge in [0.15, 0.2) is 5.82 Å². The van der Waals surface area contributed by atoms with Crippen molar-refractivity contribution >= 4 is 58.2 Å². The Kier molecular flexibility index (Phi) is 5.23. The van der Waals surface area contributed by atoms with Gasteiger partial charge in [0, 0.05) is 9.90 Å². The van der Waals surface area contributed by atoms with E-state index in [1.54, 1.807) is 17.6 Å². The highest BCUT2D eigenvalue weighted by molar-refractivity contribution is 7.10. The first-order valence-corrected chi connectivity index (χ1v) is 9.57. The molecule has 0 aliphatic heterocycles. The molecule has 4 aromatic rings. The molecule has 0 saturated carbocycles. The molecular weight excluding hydrogens is 376 g/mol. The molecule has 2 aromatic heterocycles. The molecule has 4 rings (SSSR count). The summed E-state index contributed by atoms with van der Waals surface area (Å²) in [5, 5.41) is 7.04. The molecule has 6 heteroatoms. The van der Waals surface area contributed by atoms with Gasteiger partial charge < -0.3 is 0 Å². The smallest absolute Gasteiger partial charge is 0.173 e. The van der Waals surface area contributed by atoms with Gasteiger partial charge in [-0.1, -0.05) is 41.9 Å². The standard InChI is InChI=1S/C21H15ClN4S/c22-16-9-7-15(8-10-16)14-23-26-21-20(12-11-17-4-3-13-27-17)24-18-5-1-2-6-19(18)25-21/h1-14H,(H,25,26)/b12-11+,23-14+. The SMILES string of the molecule is Clc1ccc(/C=N/Nc2nc3ccccc3nc2/C=C/c2cccs2)cc1. The fraction of sp³-hybridized carbons (Fsp3) is 0. The monoisotopic (exact) mass is 390 g/mol. The van der Waals surface area contributed by atoms with Crippen LogP contribution in [0.3, 0.4) is 0 Å². The minimum absolute atomic E-state index is 0.603. The molecule has 2 aromatic carbocycles. The summed E-state index contributed by atoms with van der Waals surface area (Å²) in [6, 6.07) is 19.3. The lowest BCUT2D eigenvalue weighted by atomic mass is 10.2. The normalized spacial score (nSPS) is 11.6. The van der Waals surface area contributed by atoms with Crippen LogP contribution in [0.25, 0.3) is 23.2 Å². The molecule has 2 heterocycles. The highest BCUT2D eigenvalue weighted by Crippen LogP contribution is 2.20. The van der Waals surface area contributed by atoms with E-state index >= 15 is 0 Å². The van der Waals surface area contributed by atoms with Gasteiger partial charge in [0.1, 0.15) is 5.69 Å². The summed E-state index contributed by atoms with van der Waals surface area (Å²) in [6.45, 7) is 0. The Labute approximate surface area is 165 Å². The third kappa shape index (κ3) is 4.39. The molecule has 27 heavy (non-hydrogen) atoms. The first-order valence-electron chi connectivity index (χ1n) is 8.31. The van der Waals surface area contributed by atoms with Crippen LogP contribution in [-0.4, -0.2) is 16.2 Å². The van der Waals surface area contributed by atoms with E-state index in [1.807, 2.05) is 72.1 Å². The molecule has 0 radical (unpaired) electrons. The maximum atomic E-state index is 5.91. The Bertz CT molecular complexity index is 1100. The molecule has 132 valence electrons. The second-order valence-electron chi connectivity index (χ2n) is 5.72. The summed E-state index contributed by atoms with van der Waals surface area (Å²) >= 11 is 7.58. The number of fused-ring (bicyclic) bond motifs is 1. The number of nitrogens with zero attached hydrogens (tertiary/aromatic N) is 3. The largest absolute Gasteiger partial charge is 0.260 e. The number of hydrogen-bond acceptors (Lipinski definition) is 5. The third-order valence-corrected chi connectivity index (χ3v) is 4.89. The van der Waals surface area contributed by atoms with Gasteiger partial charge >= 0.3 is 0 Å². The van der Waals surface area contributed by atoms with Crippen molar-refractivity contribution in [3.05, 3.63) is 87.2 Å². The number of anilines is 1. The minimum Gasteiger partial charge on any atom is -0.260 e. The van der Waals surface area contributed by atoms with Gasteiger partial charge in [-0.05, 0) is 53.4 Å². The number of halogens is 1. The summed E-state index contributed by atoms with van der Waals surface area (Å²) in [4.78, 5) is 10.5. The fourth-order valence-electron chi connectivity index (χ4n) is 2.48. The van der Waals surface area contributed by atoms with E-state index in [0.717, 1.165) is 27.2 Å². The predicted molar refractivity (Wildman–Crippen MR) is 115 cm³/mol. The Morgan fingerprint density at radius 1 is 0.889 bits per heavy atom. The molecule has 0 aliphatic carbocycles. The van der Waals surface area contributed by atoms with Crippen molar-refractivity contribution in [3.8, 4) is 0 Å². The number of nitrogens with one attached hydrogen (secondary N) is 1. The van der Waals surface area contributed by atoms with E-state index in [4.69, 9.17) is 16.6 Å². The van der Waals surface area contributed by atoms with Crippen LogP contribution in [0.4, 0.5) is 5.82 Å². The zero-order valence-corrected chi connectivity index (χ0v) is 15.8. The van der Waals surface area contributed by atoms with E-state index < -0.39 is 0 Å². The van der Waals surface area contributed by atoms with Crippen molar-refractivity contribution in [2.75, 3.05) is 5.43 Å². The summed E-state index contributed by atoms with van der Waals surface area (Å²) in [5.41, 5.74) is 6.34. The molecular formula is C21H15ClN4S. The molecule has 0 amide bonds. The first kappa shape index (κ1) is 17.4. The average molecular weight is 391 g/mol. The fourth-order valence-corrected chi connectivity index (χ4v) is 3.22. The summed E-state index contributed by atoms with van der Waals surface area (Å²) in [7, 11) is 0. The number of rotatable bonds is 5. The molecule has 0 bridgehead atoms. The first-order chi connectivity index (χ1) is 13.3. The zero-order valence-electron chi connectivity index (χ0n) is 14.2. The Morgan fingerprint density at radius 2 is 1.67 bits per heavy atom. The predicted octanol–water partition coefficient (Wildman–Crippen LogP) is 5.96. The van der Waals surface area contributed by atoms with E-state index in [9.17, 15) is 0 Å². The van der Waals surface area contributed by atoms with E-state index in [0.29, 0.717) is 10.8 Å². The summed E-state index contributed by atoms with van der Waals surface area (Å²) < 4.78 is 0. The van der Waals surface area contributed by atoms with Crippen molar-refractivity contribution in [1.29, 1.82) is 0 Å². The maximum Gasteiger partial charge on any atom is 0.173 e. The van der Waals surface area contributed by atoms with Crippen LogP contribution >= 0.6 is 22.9 Å². The van der Waals surface area contributed by atoms with Crippen LogP contribution in [0.1, 0.15) is 16.1 Å². The lowest BCUT2D eigenvalue weighted by Gasteiger charge is -2.06. The summed E-state index contributed by atoms with van der Waals surface area (Å²) in [6.07, 6.45) is 5.70. The number of hydrogen-bond donors (Lipinski definition) is 1. The molecule has 0 spiro atoms. The van der Waals surface area contributed by atoms with E-state index in [1.165, 1.54) is 0 Å². The van der Waals surface area contributed by atoms with Crippen LogP contribution in [-0.2, 0) is 0 Å². The van der Waals surface area contributed by atoms with Gasteiger partial charge in [-0.15, -0.1) is 11.3 Å². The molecule has 0 atom stereocenters. The van der Waals surface area contributed by atoms with Crippen molar-refractivity contribution in [2.45, 2.75) is 0 Å². The zero-order chi connectivity index (χ0) is 18.5.